The van der Waals surface area contributed by atoms with Gasteiger partial charge < -0.3 is 14.0 Å². The van der Waals surface area contributed by atoms with Gasteiger partial charge in [0.25, 0.3) is 0 Å². The largest absolute Gasteiger partial charge is 0.311 e. The molecular formula is C67H47N3. The molecule has 0 spiro atoms. The molecular weight excluding hydrogens is 847 g/mol. The van der Waals surface area contributed by atoms with Crippen LogP contribution in [0.25, 0.3) is 93.9 Å². The Morgan fingerprint density at radius 3 is 1.34 bits per heavy atom. The highest BCUT2D eigenvalue weighted by Gasteiger charge is 2.19. The summed E-state index contributed by atoms with van der Waals surface area (Å²) in [7, 11) is 0. The average Bonchev–Trinajstić information content (AvgIpc) is 3.79. The number of fused-ring (bicyclic) bond motifs is 6. The van der Waals surface area contributed by atoms with E-state index in [9.17, 15) is 0 Å². The van der Waals surface area contributed by atoms with Crippen LogP contribution < -0.4 is 4.90 Å². The second-order valence-corrected chi connectivity index (χ2v) is 18.1. The van der Waals surface area contributed by atoms with Crippen LogP contribution in [0.1, 0.15) is 12.0 Å². The van der Waals surface area contributed by atoms with E-state index in [-0.39, 0.29) is 0 Å². The summed E-state index contributed by atoms with van der Waals surface area (Å²) in [5.74, 6) is 0. The van der Waals surface area contributed by atoms with Gasteiger partial charge in [-0.15, -0.1) is 0 Å². The molecule has 1 aliphatic carbocycles. The third-order valence-electron chi connectivity index (χ3n) is 13.9. The third kappa shape index (κ3) is 7.33. The molecule has 0 aliphatic heterocycles. The first-order chi connectivity index (χ1) is 34.7. The number of hydrogen-bond donors (Lipinski definition) is 0. The minimum atomic E-state index is 0.930. The predicted octanol–water partition coefficient (Wildman–Crippen LogP) is 18.3. The first-order valence-electron chi connectivity index (χ1n) is 24.1. The number of hydrogen-bond acceptors (Lipinski definition) is 1. The molecule has 1 aliphatic rings. The van der Waals surface area contributed by atoms with Crippen LogP contribution in [-0.4, -0.2) is 9.13 Å². The maximum absolute atomic E-state index is 2.41. The standard InChI is InChI=1S/C67H47N3/c1-2-6-17-47(16-5-1)50-28-34-55(35-29-50)68(56-36-30-51(31-37-56)48-18-7-3-8-19-48)57-38-40-58(41-39-57)69-64-26-13-11-24-60(64)62-45-53(32-42-66(62)69)54-33-43-67-63(46-54)61-25-12-14-27-65(61)70(67)59-23-15-22-52(44-59)49-20-9-4-10-21-49/h1-5,7-46H,6H2. The van der Waals surface area contributed by atoms with Crippen LogP contribution in [0.5, 0.6) is 0 Å². The average molecular weight is 894 g/mol. The summed E-state index contributed by atoms with van der Waals surface area (Å²) in [5, 5.41) is 4.94. The lowest BCUT2D eigenvalue weighted by Crippen LogP contribution is -2.10. The maximum atomic E-state index is 2.41. The van der Waals surface area contributed by atoms with Gasteiger partial charge in [-0.05, 0) is 148 Å². The van der Waals surface area contributed by atoms with Crippen molar-refractivity contribution in [3.8, 4) is 44.8 Å². The summed E-state index contributed by atoms with van der Waals surface area (Å²) in [6.07, 6.45) is 11.8. The van der Waals surface area contributed by atoms with Gasteiger partial charge >= 0.3 is 0 Å². The van der Waals surface area contributed by atoms with Gasteiger partial charge in [-0.3, -0.25) is 0 Å². The topological polar surface area (TPSA) is 13.1 Å². The van der Waals surface area contributed by atoms with E-state index in [2.05, 4.69) is 287 Å². The van der Waals surface area contributed by atoms with Crippen LogP contribution in [0.2, 0.25) is 0 Å². The van der Waals surface area contributed by atoms with Gasteiger partial charge in [-0.25, -0.2) is 0 Å². The van der Waals surface area contributed by atoms with Crippen LogP contribution >= 0.6 is 0 Å². The normalized spacial score (nSPS) is 12.5. The van der Waals surface area contributed by atoms with E-state index in [1.807, 2.05) is 0 Å². The highest BCUT2D eigenvalue weighted by molar-refractivity contribution is 6.13. The first-order valence-corrected chi connectivity index (χ1v) is 24.1. The Hall–Kier alpha value is -9.18. The molecule has 0 unspecified atom stereocenters. The fourth-order valence-electron chi connectivity index (χ4n) is 10.5. The van der Waals surface area contributed by atoms with Crippen LogP contribution in [-0.2, 0) is 0 Å². The maximum Gasteiger partial charge on any atom is 0.0541 e. The third-order valence-corrected chi connectivity index (χ3v) is 13.9. The molecule has 0 atom stereocenters. The summed E-state index contributed by atoms with van der Waals surface area (Å²) in [6.45, 7) is 0. The van der Waals surface area contributed by atoms with Crippen LogP contribution in [0, 0.1) is 0 Å². The molecule has 0 saturated carbocycles. The Morgan fingerprint density at radius 2 is 0.743 bits per heavy atom. The van der Waals surface area contributed by atoms with Crippen LogP contribution in [0.4, 0.5) is 17.1 Å². The molecule has 0 bridgehead atoms. The molecule has 13 rings (SSSR count). The van der Waals surface area contributed by atoms with Gasteiger partial charge in [0, 0.05) is 50.0 Å². The Bertz CT molecular complexity index is 3980. The smallest absolute Gasteiger partial charge is 0.0541 e. The van der Waals surface area contributed by atoms with Crippen molar-refractivity contribution in [3.05, 3.63) is 279 Å². The molecule has 3 heteroatoms. The molecule has 0 fully saturated rings. The van der Waals surface area contributed by atoms with Gasteiger partial charge in [0.15, 0.2) is 0 Å². The van der Waals surface area contributed by atoms with Gasteiger partial charge in [0.1, 0.15) is 0 Å². The predicted molar refractivity (Wildman–Crippen MR) is 297 cm³/mol. The van der Waals surface area contributed by atoms with Gasteiger partial charge in [0.05, 0.1) is 22.1 Å². The molecule has 0 radical (unpaired) electrons. The van der Waals surface area contributed by atoms with E-state index >= 15 is 0 Å². The number of anilines is 3. The first kappa shape index (κ1) is 41.0. The monoisotopic (exact) mass is 893 g/mol. The molecule has 0 amide bonds. The second-order valence-electron chi connectivity index (χ2n) is 18.1. The quantitative estimate of drug-likeness (QED) is 0.141. The lowest BCUT2D eigenvalue weighted by molar-refractivity contribution is 1.17. The minimum absolute atomic E-state index is 0.930. The molecule has 2 heterocycles. The fourth-order valence-corrected chi connectivity index (χ4v) is 10.5. The second kappa shape index (κ2) is 17.5. The lowest BCUT2D eigenvalue weighted by atomic mass is 10.0. The summed E-state index contributed by atoms with van der Waals surface area (Å²) in [5.41, 5.74) is 20.0. The summed E-state index contributed by atoms with van der Waals surface area (Å²) in [6, 6.07) is 88.6. The van der Waals surface area contributed by atoms with Gasteiger partial charge in [-0.1, -0.05) is 176 Å². The summed E-state index contributed by atoms with van der Waals surface area (Å²) in [4.78, 5) is 2.36. The number of allylic oxidation sites excluding steroid dienone is 6. The number of benzene rings is 10. The van der Waals surface area contributed by atoms with Crippen molar-refractivity contribution in [2.24, 2.45) is 0 Å². The van der Waals surface area contributed by atoms with Gasteiger partial charge in [0.2, 0.25) is 0 Å². The zero-order valence-electron chi connectivity index (χ0n) is 38.5. The van der Waals surface area contributed by atoms with E-state index in [0.717, 1.165) is 34.9 Å². The SMILES string of the molecule is C1=CCC=C(c2ccc(N(c3ccc(-c4ccccc4)cc3)c3ccc(-n4c5ccccc5c5cc(-c6ccc7c(c6)c6ccccc6n7-c6cccc(-c7ccccc7)c6)ccc54)cc3)cc2)C=C1. The molecule has 3 nitrogen and oxygen atoms in total. The Balaban J connectivity index is 0.873. The highest BCUT2D eigenvalue weighted by atomic mass is 15.1. The minimum Gasteiger partial charge on any atom is -0.311 e. The van der Waals surface area contributed by atoms with Crippen molar-refractivity contribution in [2.75, 3.05) is 4.90 Å². The van der Waals surface area contributed by atoms with Crippen molar-refractivity contribution in [3.63, 3.8) is 0 Å². The summed E-state index contributed by atoms with van der Waals surface area (Å²) < 4.78 is 4.82. The number of aromatic nitrogens is 2. The Morgan fingerprint density at radius 1 is 0.300 bits per heavy atom. The molecule has 2 aromatic heterocycles. The van der Waals surface area contributed by atoms with Crippen molar-refractivity contribution >= 4 is 66.2 Å². The molecule has 0 saturated heterocycles. The highest BCUT2D eigenvalue weighted by Crippen LogP contribution is 2.41. The molecule has 70 heavy (non-hydrogen) atoms. The molecule has 12 aromatic rings. The van der Waals surface area contributed by atoms with E-state index in [1.54, 1.807) is 0 Å². The van der Waals surface area contributed by atoms with E-state index in [0.29, 0.717) is 0 Å². The Kier molecular flexibility index (Phi) is 10.2. The summed E-state index contributed by atoms with van der Waals surface area (Å²) >= 11 is 0. The van der Waals surface area contributed by atoms with Crippen LogP contribution in [0.3, 0.4) is 0 Å². The van der Waals surface area contributed by atoms with E-state index in [4.69, 9.17) is 0 Å². The van der Waals surface area contributed by atoms with Gasteiger partial charge in [-0.2, -0.15) is 0 Å². The van der Waals surface area contributed by atoms with E-state index in [1.165, 1.54) is 88.1 Å². The van der Waals surface area contributed by atoms with Crippen LogP contribution in [0.15, 0.2) is 273 Å². The molecule has 10 aromatic carbocycles. The number of para-hydroxylation sites is 2. The zero-order chi connectivity index (χ0) is 46.4. The number of nitrogens with zero attached hydrogens (tertiary/aromatic N) is 3. The van der Waals surface area contributed by atoms with Crippen molar-refractivity contribution in [1.29, 1.82) is 0 Å². The number of rotatable bonds is 9. The Labute approximate surface area is 408 Å². The fraction of sp³-hybridized carbons (Fsp3) is 0.0149. The molecule has 0 N–H and O–H groups in total. The zero-order valence-corrected chi connectivity index (χ0v) is 38.5. The van der Waals surface area contributed by atoms with E-state index < -0.39 is 0 Å². The molecule has 330 valence electrons. The lowest BCUT2D eigenvalue weighted by Gasteiger charge is -2.26. The van der Waals surface area contributed by atoms with Crippen molar-refractivity contribution < 1.29 is 0 Å². The van der Waals surface area contributed by atoms with Crippen molar-refractivity contribution in [1.82, 2.24) is 9.13 Å². The van der Waals surface area contributed by atoms with Crippen molar-refractivity contribution in [2.45, 2.75) is 6.42 Å².